The van der Waals surface area contributed by atoms with Gasteiger partial charge in [-0.15, -0.1) is 4.67 Å². The van der Waals surface area contributed by atoms with Gasteiger partial charge in [0.25, 0.3) is 6.72 Å². The van der Waals surface area contributed by atoms with Crippen LogP contribution >= 0.6 is 0 Å². The van der Waals surface area contributed by atoms with Gasteiger partial charge < -0.3 is 19.5 Å². The Kier molecular flexibility index (Phi) is 10.5. The third kappa shape index (κ3) is 9.93. The first-order valence-corrected chi connectivity index (χ1v) is 7.87. The van der Waals surface area contributed by atoms with Crippen LogP contribution < -0.4 is 9.98 Å². The van der Waals surface area contributed by atoms with E-state index in [4.69, 9.17) is 14.2 Å². The highest BCUT2D eigenvalue weighted by Crippen LogP contribution is 2.05. The average molecular weight is 357 g/mol. The molecule has 0 fully saturated rings. The van der Waals surface area contributed by atoms with E-state index in [1.165, 1.54) is 6.92 Å². The van der Waals surface area contributed by atoms with Gasteiger partial charge in [-0.25, -0.2) is 9.59 Å². The molecule has 1 unspecified atom stereocenters. The first-order chi connectivity index (χ1) is 11.7. The number of rotatable bonds is 10. The van der Waals surface area contributed by atoms with Gasteiger partial charge in [0.1, 0.15) is 6.04 Å². The Morgan fingerprint density at radius 3 is 2.28 bits per heavy atom. The lowest BCUT2D eigenvalue weighted by Gasteiger charge is -2.19. The minimum absolute atomic E-state index is 0.00104. The van der Waals surface area contributed by atoms with Crippen molar-refractivity contribution in [2.75, 3.05) is 6.61 Å². The molecule has 0 aromatic heterocycles. The first-order valence-electron chi connectivity index (χ1n) is 7.87. The van der Waals surface area contributed by atoms with Gasteiger partial charge in [0, 0.05) is 13.3 Å². The molecule has 0 aliphatic heterocycles. The van der Waals surface area contributed by atoms with Crippen LogP contribution in [0.15, 0.2) is 0 Å². The standard InChI is InChI=1S/C16H24N2O7/c1-6-23-15(21)13(8-7-12(19)9-17-5)18-16(22)25-11(4)24-14(20)10(2)3/h9-11,13H,5-8H2,1-4H3/p+1/t11?,13-/m0/s1. The summed E-state index contributed by atoms with van der Waals surface area (Å²) in [4.78, 5) is 46.6. The highest BCUT2D eigenvalue weighted by Gasteiger charge is 2.25. The van der Waals surface area contributed by atoms with Gasteiger partial charge in [-0.05, 0) is 13.3 Å². The molecule has 140 valence electrons. The van der Waals surface area contributed by atoms with Crippen molar-refractivity contribution in [1.82, 2.24) is 9.98 Å². The van der Waals surface area contributed by atoms with E-state index in [1.54, 1.807) is 20.8 Å². The molecule has 9 heteroatoms. The molecule has 0 spiro atoms. The number of nitrogens with one attached hydrogen (secondary N) is 1. The molecule has 0 aliphatic rings. The molecule has 0 aliphatic carbocycles. The van der Waals surface area contributed by atoms with Crippen LogP contribution in [0.4, 0.5) is 4.79 Å². The van der Waals surface area contributed by atoms with Gasteiger partial charge in [0.05, 0.1) is 12.5 Å². The minimum atomic E-state index is -1.13. The number of amides is 1. The number of hydrogen-bond donors (Lipinski definition) is 1. The summed E-state index contributed by atoms with van der Waals surface area (Å²) in [5, 5.41) is 2.29. The number of ketones is 1. The molecular formula is C16H25N2O7+. The fourth-order valence-corrected chi connectivity index (χ4v) is 1.60. The zero-order chi connectivity index (χ0) is 19.4. The Morgan fingerprint density at radius 1 is 1.12 bits per heavy atom. The Morgan fingerprint density at radius 2 is 1.76 bits per heavy atom. The van der Waals surface area contributed by atoms with Gasteiger partial charge >= 0.3 is 24.2 Å². The second-order valence-corrected chi connectivity index (χ2v) is 5.33. The van der Waals surface area contributed by atoms with E-state index in [0.29, 0.717) is 0 Å². The maximum Gasteiger partial charge on any atom is 0.410 e. The van der Waals surface area contributed by atoms with E-state index in [-0.39, 0.29) is 31.1 Å². The maximum absolute atomic E-state index is 11.9. The number of ether oxygens (including phenoxy) is 3. The number of nitrogens with zero attached hydrogens (tertiary/aromatic N) is 1. The summed E-state index contributed by atoms with van der Waals surface area (Å²) >= 11 is 0. The lowest BCUT2D eigenvalue weighted by Crippen LogP contribution is -2.43. The Balaban J connectivity index is 4.68. The molecule has 0 heterocycles. The van der Waals surface area contributed by atoms with Crippen molar-refractivity contribution in [3.05, 3.63) is 0 Å². The van der Waals surface area contributed by atoms with Crippen LogP contribution in [0.25, 0.3) is 0 Å². The molecule has 0 saturated carbocycles. The molecule has 1 amide bonds. The van der Waals surface area contributed by atoms with Crippen LogP contribution in [0.3, 0.4) is 0 Å². The summed E-state index contributed by atoms with van der Waals surface area (Å²) in [5.41, 5.74) is 0. The van der Waals surface area contributed by atoms with Gasteiger partial charge in [-0.2, -0.15) is 0 Å². The molecule has 0 aromatic carbocycles. The topological polar surface area (TPSA) is 122 Å². The van der Waals surface area contributed by atoms with Gasteiger partial charge in [-0.1, -0.05) is 13.8 Å². The number of hydrogen-bond acceptors (Lipinski definition) is 7. The molecule has 0 bridgehead atoms. The third-order valence-corrected chi connectivity index (χ3v) is 2.80. The minimum Gasteiger partial charge on any atom is -0.464 e. The Hall–Kier alpha value is -2.67. The Labute approximate surface area is 146 Å². The lowest BCUT2D eigenvalue weighted by molar-refractivity contribution is -0.169. The van der Waals surface area contributed by atoms with Gasteiger partial charge in [0.2, 0.25) is 12.1 Å². The second kappa shape index (κ2) is 11.8. The van der Waals surface area contributed by atoms with Crippen LogP contribution in [0.1, 0.15) is 40.5 Å². The second-order valence-electron chi connectivity index (χ2n) is 5.33. The molecule has 1 N–H and O–H groups in total. The van der Waals surface area contributed by atoms with E-state index < -0.39 is 30.4 Å². The summed E-state index contributed by atoms with van der Waals surface area (Å²) in [7, 11) is 0. The van der Waals surface area contributed by atoms with Crippen molar-refractivity contribution in [2.45, 2.75) is 52.9 Å². The third-order valence-electron chi connectivity index (χ3n) is 2.80. The molecule has 25 heavy (non-hydrogen) atoms. The van der Waals surface area contributed by atoms with Crippen molar-refractivity contribution >= 4 is 36.7 Å². The summed E-state index contributed by atoms with van der Waals surface area (Å²) in [6.07, 6.45) is -1.12. The van der Waals surface area contributed by atoms with Gasteiger partial charge in [-0.3, -0.25) is 9.59 Å². The number of Topliss-reactive ketones (excluding diaryl/α,β-unsaturated/α-hetero) is 1. The van der Waals surface area contributed by atoms with Crippen molar-refractivity contribution in [1.29, 1.82) is 0 Å². The molecular weight excluding hydrogens is 332 g/mol. The number of carbonyl (C=O) groups is 4. The smallest absolute Gasteiger partial charge is 0.410 e. The highest BCUT2D eigenvalue weighted by atomic mass is 16.7. The number of alkyl carbamates (subject to hydrolysis) is 1. The van der Waals surface area contributed by atoms with Crippen LogP contribution in [0.2, 0.25) is 0 Å². The molecule has 0 radical (unpaired) electrons. The summed E-state index contributed by atoms with van der Waals surface area (Å²) in [5.74, 6) is -1.95. The maximum atomic E-state index is 11.9. The van der Waals surface area contributed by atoms with E-state index in [9.17, 15) is 19.2 Å². The zero-order valence-electron chi connectivity index (χ0n) is 14.9. The summed E-state index contributed by atoms with van der Waals surface area (Å²) in [6, 6.07) is -1.08. The van der Waals surface area contributed by atoms with E-state index >= 15 is 0 Å². The normalized spacial score (nSPS) is 12.4. The fourth-order valence-electron chi connectivity index (χ4n) is 1.60. The lowest BCUT2D eigenvalue weighted by atomic mass is 10.1. The number of carbonyl (C=O) groups excluding carboxylic acids is 4. The quantitative estimate of drug-likeness (QED) is 0.259. The van der Waals surface area contributed by atoms with Crippen molar-refractivity contribution < 1.29 is 33.4 Å². The van der Waals surface area contributed by atoms with Crippen molar-refractivity contribution in [3.8, 4) is 0 Å². The molecule has 9 nitrogen and oxygen atoms in total. The predicted octanol–water partition coefficient (Wildman–Crippen LogP) is 0.377. The van der Waals surface area contributed by atoms with Crippen LogP contribution in [0, 0.1) is 5.92 Å². The zero-order valence-corrected chi connectivity index (χ0v) is 14.9. The van der Waals surface area contributed by atoms with E-state index in [1.807, 2.05) is 0 Å². The fraction of sp³-hybridized carbons (Fsp3) is 0.625. The Bertz CT molecular complexity index is 539. The van der Waals surface area contributed by atoms with E-state index in [2.05, 4.69) is 16.7 Å². The van der Waals surface area contributed by atoms with Crippen LogP contribution in [-0.4, -0.2) is 55.7 Å². The van der Waals surface area contributed by atoms with Crippen LogP contribution in [0.5, 0.6) is 0 Å². The van der Waals surface area contributed by atoms with Crippen molar-refractivity contribution in [3.63, 3.8) is 0 Å². The molecule has 0 saturated heterocycles. The van der Waals surface area contributed by atoms with E-state index in [0.717, 1.165) is 6.21 Å². The number of esters is 2. The van der Waals surface area contributed by atoms with Crippen molar-refractivity contribution in [2.24, 2.45) is 5.92 Å². The summed E-state index contributed by atoms with van der Waals surface area (Å²) in [6.45, 7) is 9.53. The molecule has 0 aromatic rings. The average Bonchev–Trinajstić information content (AvgIpc) is 2.51. The SMILES string of the molecule is C=[N+]=CC(=O)CC[C@H](NC(=O)OC(C)OC(=O)C(C)C)C(=O)OCC. The first kappa shape index (κ1) is 22.3. The predicted molar refractivity (Wildman–Crippen MR) is 90.0 cm³/mol. The highest BCUT2D eigenvalue weighted by molar-refractivity contribution is 6.27. The molecule has 0 rings (SSSR count). The van der Waals surface area contributed by atoms with Crippen LogP contribution in [-0.2, 0) is 28.6 Å². The molecule has 2 atom stereocenters. The monoisotopic (exact) mass is 357 g/mol. The van der Waals surface area contributed by atoms with Gasteiger partial charge in [0.15, 0.2) is 0 Å². The summed E-state index contributed by atoms with van der Waals surface area (Å²) < 4.78 is 17.9. The largest absolute Gasteiger partial charge is 0.464 e.